The molecule has 4 rings (SSSR count). The minimum absolute atomic E-state index is 0.00709. The number of piperazine rings is 2. The summed E-state index contributed by atoms with van der Waals surface area (Å²) in [7, 11) is 0. The zero-order valence-electron chi connectivity index (χ0n) is 19.5. The van der Waals surface area contributed by atoms with E-state index in [1.54, 1.807) is 39.0 Å². The van der Waals surface area contributed by atoms with E-state index in [0.29, 0.717) is 57.9 Å². The van der Waals surface area contributed by atoms with Crippen molar-refractivity contribution in [1.82, 2.24) is 24.9 Å². The molecule has 0 unspecified atom stereocenters. The maximum Gasteiger partial charge on any atom is 0.238 e. The Labute approximate surface area is 198 Å². The Balaban J connectivity index is 1.55. The van der Waals surface area contributed by atoms with E-state index in [0.717, 1.165) is 0 Å². The van der Waals surface area contributed by atoms with Gasteiger partial charge in [-0.3, -0.25) is 28.9 Å². The fourth-order valence-corrected chi connectivity index (χ4v) is 4.63. The third-order valence-corrected chi connectivity index (χ3v) is 6.59. The predicted octanol–water partition coefficient (Wildman–Crippen LogP) is -0.278. The van der Waals surface area contributed by atoms with Crippen molar-refractivity contribution in [3.8, 4) is 0 Å². The number of rotatable bonds is 4. The highest BCUT2D eigenvalue weighted by Gasteiger charge is 2.37. The molecule has 0 radical (unpaired) electrons. The van der Waals surface area contributed by atoms with Gasteiger partial charge in [-0.2, -0.15) is 0 Å². The third kappa shape index (κ3) is 4.72. The number of carbonyl (C=O) groups excluding carboxylic acids is 5. The van der Waals surface area contributed by atoms with Crippen LogP contribution in [0.15, 0.2) is 35.7 Å². The lowest BCUT2D eigenvalue weighted by Crippen LogP contribution is -2.52. The second-order valence-electron chi connectivity index (χ2n) is 8.75. The van der Waals surface area contributed by atoms with Crippen molar-refractivity contribution in [3.05, 3.63) is 46.8 Å². The summed E-state index contributed by atoms with van der Waals surface area (Å²) in [6.45, 7) is 6.94. The number of fused-ring (bicyclic) bond motifs is 1. The molecule has 2 fully saturated rings. The van der Waals surface area contributed by atoms with E-state index < -0.39 is 5.78 Å². The molecule has 0 bridgehead atoms. The summed E-state index contributed by atoms with van der Waals surface area (Å²) in [4.78, 5) is 70.1. The molecular weight excluding hydrogens is 438 g/mol. The van der Waals surface area contributed by atoms with Crippen LogP contribution in [-0.4, -0.2) is 108 Å². The quantitative estimate of drug-likeness (QED) is 0.649. The summed E-state index contributed by atoms with van der Waals surface area (Å²) in [5.74, 6) is -1.12. The van der Waals surface area contributed by atoms with Crippen molar-refractivity contribution in [2.45, 2.75) is 13.8 Å². The SMILES string of the molecule is CC(=O)N1CCN(CC(=O)NC2=C(N3CCN(C(C)=O)CC3)C(=O)c3ccccc3C2=O)CC1. The van der Waals surface area contributed by atoms with Crippen LogP contribution in [0.4, 0.5) is 0 Å². The minimum atomic E-state index is -0.394. The molecule has 1 N–H and O–H groups in total. The van der Waals surface area contributed by atoms with Gasteiger partial charge in [0.05, 0.1) is 6.54 Å². The second kappa shape index (κ2) is 9.76. The van der Waals surface area contributed by atoms with Gasteiger partial charge in [-0.25, -0.2) is 0 Å². The van der Waals surface area contributed by atoms with Crippen LogP contribution < -0.4 is 5.32 Å². The number of hydrogen-bond donors (Lipinski definition) is 1. The highest BCUT2D eigenvalue weighted by atomic mass is 16.2. The Morgan fingerprint density at radius 3 is 1.79 bits per heavy atom. The number of ketones is 2. The Morgan fingerprint density at radius 1 is 0.765 bits per heavy atom. The van der Waals surface area contributed by atoms with Crippen molar-refractivity contribution in [2.75, 3.05) is 58.9 Å². The smallest absolute Gasteiger partial charge is 0.238 e. The molecule has 2 aliphatic heterocycles. The van der Waals surface area contributed by atoms with Crippen molar-refractivity contribution in [1.29, 1.82) is 0 Å². The van der Waals surface area contributed by atoms with Gasteiger partial charge in [-0.05, 0) is 0 Å². The predicted molar refractivity (Wildman–Crippen MR) is 123 cm³/mol. The molecule has 10 heteroatoms. The summed E-state index contributed by atoms with van der Waals surface area (Å²) >= 11 is 0. The van der Waals surface area contributed by atoms with Gasteiger partial charge in [0.2, 0.25) is 29.3 Å². The van der Waals surface area contributed by atoms with E-state index in [-0.39, 0.29) is 47.0 Å². The number of nitrogens with zero attached hydrogens (tertiary/aromatic N) is 4. The van der Waals surface area contributed by atoms with E-state index in [4.69, 9.17) is 0 Å². The largest absolute Gasteiger partial charge is 0.363 e. The topological polar surface area (TPSA) is 110 Å². The molecule has 10 nitrogen and oxygen atoms in total. The van der Waals surface area contributed by atoms with Crippen LogP contribution in [0.25, 0.3) is 0 Å². The number of carbonyl (C=O) groups is 5. The molecule has 0 saturated carbocycles. The molecule has 0 spiro atoms. The van der Waals surface area contributed by atoms with Crippen LogP contribution in [0.3, 0.4) is 0 Å². The van der Waals surface area contributed by atoms with Gasteiger partial charge < -0.3 is 20.0 Å². The van der Waals surface area contributed by atoms with Crippen LogP contribution in [0, 0.1) is 0 Å². The van der Waals surface area contributed by atoms with Crippen molar-refractivity contribution in [2.24, 2.45) is 0 Å². The number of Topliss-reactive ketones (excluding diaryl/α,β-unsaturated/α-hetero) is 2. The highest BCUT2D eigenvalue weighted by molar-refractivity contribution is 6.27. The first-order valence-electron chi connectivity index (χ1n) is 11.5. The molecule has 2 saturated heterocycles. The van der Waals surface area contributed by atoms with Crippen molar-refractivity contribution < 1.29 is 24.0 Å². The monoisotopic (exact) mass is 467 g/mol. The van der Waals surface area contributed by atoms with Crippen LogP contribution in [0.5, 0.6) is 0 Å². The number of nitrogens with one attached hydrogen (secondary N) is 1. The van der Waals surface area contributed by atoms with Gasteiger partial charge in [0.25, 0.3) is 0 Å². The summed E-state index contributed by atoms with van der Waals surface area (Å²) in [5.41, 5.74) is 0.757. The standard InChI is InChI=1S/C24H29N5O5/c1-16(30)27-9-7-26(8-10-27)15-20(32)25-21-22(29-13-11-28(12-14-29)17(2)31)24(34)19-6-4-3-5-18(19)23(21)33/h3-6H,7-15H2,1-2H3,(H,25,32). The summed E-state index contributed by atoms with van der Waals surface area (Å²) in [6.07, 6.45) is 0. The lowest BCUT2D eigenvalue weighted by Gasteiger charge is -2.38. The number of hydrogen-bond acceptors (Lipinski definition) is 7. The zero-order valence-corrected chi connectivity index (χ0v) is 19.5. The van der Waals surface area contributed by atoms with Gasteiger partial charge in [0.1, 0.15) is 11.4 Å². The molecule has 3 amide bonds. The summed E-state index contributed by atoms with van der Waals surface area (Å²) in [6, 6.07) is 6.61. The molecule has 0 atom stereocenters. The first-order valence-corrected chi connectivity index (χ1v) is 11.5. The third-order valence-electron chi connectivity index (χ3n) is 6.59. The van der Waals surface area contributed by atoms with E-state index in [1.807, 2.05) is 4.90 Å². The summed E-state index contributed by atoms with van der Waals surface area (Å²) < 4.78 is 0. The Kier molecular flexibility index (Phi) is 6.78. The maximum absolute atomic E-state index is 13.4. The van der Waals surface area contributed by atoms with E-state index in [2.05, 4.69) is 5.32 Å². The molecule has 3 aliphatic rings. The van der Waals surface area contributed by atoms with Crippen molar-refractivity contribution in [3.63, 3.8) is 0 Å². The van der Waals surface area contributed by atoms with E-state index in [9.17, 15) is 24.0 Å². The van der Waals surface area contributed by atoms with Gasteiger partial charge in [0.15, 0.2) is 0 Å². The van der Waals surface area contributed by atoms with Gasteiger partial charge in [0, 0.05) is 77.3 Å². The minimum Gasteiger partial charge on any atom is -0.363 e. The molecule has 2 heterocycles. The molecule has 180 valence electrons. The van der Waals surface area contributed by atoms with Crippen LogP contribution >= 0.6 is 0 Å². The average molecular weight is 468 g/mol. The van der Waals surface area contributed by atoms with E-state index in [1.165, 1.54) is 13.8 Å². The molecule has 0 aromatic heterocycles. The van der Waals surface area contributed by atoms with Crippen LogP contribution in [0.2, 0.25) is 0 Å². The number of amides is 3. The maximum atomic E-state index is 13.4. The van der Waals surface area contributed by atoms with Gasteiger partial charge >= 0.3 is 0 Å². The van der Waals surface area contributed by atoms with Gasteiger partial charge in [-0.15, -0.1) is 0 Å². The zero-order chi connectivity index (χ0) is 24.4. The molecular formula is C24H29N5O5. The molecule has 34 heavy (non-hydrogen) atoms. The van der Waals surface area contributed by atoms with E-state index >= 15 is 0 Å². The fourth-order valence-electron chi connectivity index (χ4n) is 4.63. The first kappa shape index (κ1) is 23.6. The average Bonchev–Trinajstić information content (AvgIpc) is 2.83. The molecule has 1 aromatic carbocycles. The highest BCUT2D eigenvalue weighted by Crippen LogP contribution is 2.28. The first-order chi connectivity index (χ1) is 16.3. The molecule has 1 aromatic rings. The Bertz CT molecular complexity index is 1070. The summed E-state index contributed by atoms with van der Waals surface area (Å²) in [5, 5.41) is 2.73. The number of allylic oxidation sites excluding steroid dienone is 2. The lowest BCUT2D eigenvalue weighted by atomic mass is 9.89. The normalized spacial score (nSPS) is 19.3. The van der Waals surface area contributed by atoms with Crippen LogP contribution in [-0.2, 0) is 14.4 Å². The fraction of sp³-hybridized carbons (Fsp3) is 0.458. The Hall–Kier alpha value is -3.53. The molecule has 1 aliphatic carbocycles. The second-order valence-corrected chi connectivity index (χ2v) is 8.75. The van der Waals surface area contributed by atoms with Crippen LogP contribution in [0.1, 0.15) is 34.6 Å². The van der Waals surface area contributed by atoms with Gasteiger partial charge in [-0.1, -0.05) is 24.3 Å². The number of benzene rings is 1. The Morgan fingerprint density at radius 2 is 1.26 bits per heavy atom. The van der Waals surface area contributed by atoms with Crippen molar-refractivity contribution >= 4 is 29.3 Å². The lowest BCUT2D eigenvalue weighted by molar-refractivity contribution is -0.131.